The third-order valence-corrected chi connectivity index (χ3v) is 1.01. The minimum absolute atomic E-state index is 0. The lowest BCUT2D eigenvalue weighted by Gasteiger charge is -1.87. The molecule has 0 saturated carbocycles. The molecule has 0 aliphatic rings. The fourth-order valence-corrected chi connectivity index (χ4v) is 0.533. The van der Waals surface area contributed by atoms with Gasteiger partial charge in [0.2, 0.25) is 0 Å². The van der Waals surface area contributed by atoms with Crippen molar-refractivity contribution in [1.29, 1.82) is 0 Å². The Labute approximate surface area is 72.3 Å². The second kappa shape index (κ2) is 5.51. The van der Waals surface area contributed by atoms with Crippen LogP contribution in [0.2, 0.25) is 0 Å². The van der Waals surface area contributed by atoms with Crippen LogP contribution in [-0.4, -0.2) is 0 Å². The van der Waals surface area contributed by atoms with Crippen molar-refractivity contribution >= 4 is 24.8 Å². The van der Waals surface area contributed by atoms with Crippen LogP contribution in [0.5, 0.6) is 0 Å². The first-order valence-corrected chi connectivity index (χ1v) is 2.51. The Bertz CT molecular complexity index is 150. The summed E-state index contributed by atoms with van der Waals surface area (Å²) < 4.78 is 12.1. The van der Waals surface area contributed by atoms with E-state index in [1.54, 1.807) is 12.1 Å². The summed E-state index contributed by atoms with van der Waals surface area (Å²) in [5, 5.41) is 0. The summed E-state index contributed by atoms with van der Waals surface area (Å²) in [5.74, 6) is -0.171. The van der Waals surface area contributed by atoms with E-state index < -0.39 is 0 Å². The van der Waals surface area contributed by atoms with Gasteiger partial charge in [0, 0.05) is 0 Å². The van der Waals surface area contributed by atoms with Gasteiger partial charge in [-0.05, 0) is 19.1 Å². The molecule has 0 aromatic heterocycles. The molecule has 0 atom stereocenters. The second-order valence-corrected chi connectivity index (χ2v) is 1.80. The predicted octanol–water partition coefficient (Wildman–Crippen LogP) is 2.98. The van der Waals surface area contributed by atoms with Crippen LogP contribution in [0.4, 0.5) is 4.39 Å². The average molecular weight is 183 g/mol. The maximum atomic E-state index is 12.1. The Hall–Kier alpha value is -0.270. The minimum atomic E-state index is -0.171. The predicted molar refractivity (Wildman–Crippen MR) is 45.6 cm³/mol. The third-order valence-electron chi connectivity index (χ3n) is 1.01. The Morgan fingerprint density at radius 1 is 1.00 bits per heavy atom. The van der Waals surface area contributed by atoms with E-state index in [4.69, 9.17) is 0 Å². The highest BCUT2D eigenvalue weighted by Crippen LogP contribution is 1.98. The molecule has 0 unspecified atom stereocenters. The van der Waals surface area contributed by atoms with Crippen molar-refractivity contribution in [3.63, 3.8) is 0 Å². The van der Waals surface area contributed by atoms with E-state index in [-0.39, 0.29) is 30.6 Å². The molecule has 0 aliphatic carbocycles. The van der Waals surface area contributed by atoms with Crippen LogP contribution in [0.1, 0.15) is 5.56 Å². The van der Waals surface area contributed by atoms with Gasteiger partial charge < -0.3 is 0 Å². The highest BCUT2D eigenvalue weighted by atomic mass is 35.5. The van der Waals surface area contributed by atoms with Gasteiger partial charge in [0.25, 0.3) is 0 Å². The zero-order chi connectivity index (χ0) is 5.98. The van der Waals surface area contributed by atoms with Crippen molar-refractivity contribution in [3.05, 3.63) is 35.6 Å². The van der Waals surface area contributed by atoms with Gasteiger partial charge in [0.1, 0.15) is 5.82 Å². The molecule has 0 N–H and O–H groups in total. The first-order valence-electron chi connectivity index (χ1n) is 2.51. The van der Waals surface area contributed by atoms with E-state index in [0.29, 0.717) is 0 Å². The number of hydrogen-bond acceptors (Lipinski definition) is 0. The highest BCUT2D eigenvalue weighted by Gasteiger charge is 1.83. The normalized spacial score (nSPS) is 7.40. The van der Waals surface area contributed by atoms with Gasteiger partial charge in [0.05, 0.1) is 0 Å². The Morgan fingerprint density at radius 2 is 1.40 bits per heavy atom. The Kier molecular flexibility index (Phi) is 6.84. The third kappa shape index (κ3) is 3.70. The van der Waals surface area contributed by atoms with E-state index >= 15 is 0 Å². The fourth-order valence-electron chi connectivity index (χ4n) is 0.533. The molecule has 0 radical (unpaired) electrons. The summed E-state index contributed by atoms with van der Waals surface area (Å²) in [6.45, 7) is 1.93. The van der Waals surface area contributed by atoms with Gasteiger partial charge in [-0.2, -0.15) is 0 Å². The SMILES string of the molecule is Cc1ccc(F)cc1.Cl.Cl. The summed E-state index contributed by atoms with van der Waals surface area (Å²) in [6, 6.07) is 6.40. The molecule has 1 rings (SSSR count). The maximum absolute atomic E-state index is 12.1. The molecule has 0 heterocycles. The zero-order valence-corrected chi connectivity index (χ0v) is 7.14. The number of hydrogen-bond donors (Lipinski definition) is 0. The minimum Gasteiger partial charge on any atom is -0.207 e. The van der Waals surface area contributed by atoms with Gasteiger partial charge in [0.15, 0.2) is 0 Å². The van der Waals surface area contributed by atoms with Crippen LogP contribution in [0.15, 0.2) is 24.3 Å². The molecule has 0 spiro atoms. The van der Waals surface area contributed by atoms with Crippen LogP contribution in [-0.2, 0) is 0 Å². The molecule has 0 nitrogen and oxygen atoms in total. The highest BCUT2D eigenvalue weighted by molar-refractivity contribution is 5.85. The van der Waals surface area contributed by atoms with Crippen LogP contribution >= 0.6 is 24.8 Å². The monoisotopic (exact) mass is 182 g/mol. The summed E-state index contributed by atoms with van der Waals surface area (Å²) in [6.07, 6.45) is 0. The number of benzene rings is 1. The van der Waals surface area contributed by atoms with Crippen molar-refractivity contribution in [1.82, 2.24) is 0 Å². The Balaban J connectivity index is 0. The summed E-state index contributed by atoms with van der Waals surface area (Å²) in [7, 11) is 0. The van der Waals surface area contributed by atoms with Gasteiger partial charge in [-0.15, -0.1) is 24.8 Å². The smallest absolute Gasteiger partial charge is 0.123 e. The van der Waals surface area contributed by atoms with E-state index in [2.05, 4.69) is 0 Å². The van der Waals surface area contributed by atoms with Crippen molar-refractivity contribution in [2.24, 2.45) is 0 Å². The molecule has 3 heteroatoms. The molecule has 0 bridgehead atoms. The van der Waals surface area contributed by atoms with E-state index in [1.807, 2.05) is 6.92 Å². The number of halogens is 3. The largest absolute Gasteiger partial charge is 0.207 e. The lowest BCUT2D eigenvalue weighted by Crippen LogP contribution is -1.71. The quantitative estimate of drug-likeness (QED) is 0.579. The Morgan fingerprint density at radius 3 is 1.70 bits per heavy atom. The van der Waals surface area contributed by atoms with Gasteiger partial charge in [-0.1, -0.05) is 17.7 Å². The molecule has 0 fully saturated rings. The molecule has 0 amide bonds. The number of aryl methyl sites for hydroxylation is 1. The van der Waals surface area contributed by atoms with Crippen LogP contribution in [0, 0.1) is 12.7 Å². The lowest BCUT2D eigenvalue weighted by molar-refractivity contribution is 0.627. The molecule has 1 aromatic carbocycles. The zero-order valence-electron chi connectivity index (χ0n) is 5.50. The van der Waals surface area contributed by atoms with Crippen molar-refractivity contribution in [3.8, 4) is 0 Å². The van der Waals surface area contributed by atoms with Gasteiger partial charge in [-0.3, -0.25) is 0 Å². The molecule has 0 aliphatic heterocycles. The number of rotatable bonds is 0. The molecule has 58 valence electrons. The van der Waals surface area contributed by atoms with Crippen molar-refractivity contribution < 1.29 is 4.39 Å². The van der Waals surface area contributed by atoms with Gasteiger partial charge in [-0.25, -0.2) is 4.39 Å². The summed E-state index contributed by atoms with van der Waals surface area (Å²) in [4.78, 5) is 0. The fraction of sp³-hybridized carbons (Fsp3) is 0.143. The summed E-state index contributed by atoms with van der Waals surface area (Å²) >= 11 is 0. The lowest BCUT2D eigenvalue weighted by atomic mass is 10.2. The van der Waals surface area contributed by atoms with Gasteiger partial charge >= 0.3 is 0 Å². The van der Waals surface area contributed by atoms with E-state index in [1.165, 1.54) is 12.1 Å². The maximum Gasteiger partial charge on any atom is 0.123 e. The van der Waals surface area contributed by atoms with E-state index in [9.17, 15) is 4.39 Å². The molecule has 1 aromatic rings. The topological polar surface area (TPSA) is 0 Å². The average Bonchev–Trinajstić information content (AvgIpc) is 1.77. The molecule has 0 saturated heterocycles. The second-order valence-electron chi connectivity index (χ2n) is 1.80. The standard InChI is InChI=1S/C7H7F.2ClH/c1-6-2-4-7(8)5-3-6;;/h2-5H,1H3;2*1H. The molecular formula is C7H9Cl2F. The van der Waals surface area contributed by atoms with E-state index in [0.717, 1.165) is 5.56 Å². The first-order chi connectivity index (χ1) is 3.79. The van der Waals surface area contributed by atoms with Crippen LogP contribution in [0.25, 0.3) is 0 Å². The van der Waals surface area contributed by atoms with Crippen LogP contribution in [0.3, 0.4) is 0 Å². The van der Waals surface area contributed by atoms with Crippen molar-refractivity contribution in [2.75, 3.05) is 0 Å². The van der Waals surface area contributed by atoms with Crippen molar-refractivity contribution in [2.45, 2.75) is 6.92 Å². The summed E-state index contributed by atoms with van der Waals surface area (Å²) in [5.41, 5.74) is 1.09. The molecule has 10 heavy (non-hydrogen) atoms. The molecular weight excluding hydrogens is 174 g/mol. The first kappa shape index (κ1) is 12.4. The van der Waals surface area contributed by atoms with Crippen LogP contribution < -0.4 is 0 Å².